The molecule has 1 rings (SSSR count). The average molecular weight is 247 g/mol. The van der Waals surface area contributed by atoms with Crippen LogP contribution >= 0.6 is 15.9 Å². The minimum atomic E-state index is -0.270. The molecule has 72 valence electrons. The van der Waals surface area contributed by atoms with Crippen LogP contribution in [0.2, 0.25) is 0 Å². The van der Waals surface area contributed by atoms with Crippen LogP contribution in [0.4, 0.5) is 4.39 Å². The van der Waals surface area contributed by atoms with Crippen molar-refractivity contribution in [3.8, 4) is 5.75 Å². The zero-order valence-electron chi connectivity index (χ0n) is 7.47. The summed E-state index contributed by atoms with van der Waals surface area (Å²) < 4.78 is 18.1. The van der Waals surface area contributed by atoms with E-state index in [1.165, 1.54) is 12.1 Å². The van der Waals surface area contributed by atoms with Crippen molar-refractivity contribution in [2.45, 2.75) is 24.8 Å². The highest BCUT2D eigenvalue weighted by Gasteiger charge is 2.04. The number of hydrogen-bond acceptors (Lipinski definition) is 1. The zero-order valence-corrected chi connectivity index (χ0v) is 9.05. The highest BCUT2D eigenvalue weighted by atomic mass is 79.9. The molecule has 1 nitrogen and oxygen atoms in total. The molecule has 3 heteroatoms. The Morgan fingerprint density at radius 1 is 1.54 bits per heavy atom. The van der Waals surface area contributed by atoms with E-state index in [9.17, 15) is 4.39 Å². The lowest BCUT2D eigenvalue weighted by atomic mass is 10.3. The Bertz CT molecular complexity index is 265. The summed E-state index contributed by atoms with van der Waals surface area (Å²) in [5.41, 5.74) is 0. The van der Waals surface area contributed by atoms with Crippen LogP contribution in [0.3, 0.4) is 0 Å². The molecule has 0 aliphatic rings. The molecule has 0 aliphatic carbocycles. The summed E-state index contributed by atoms with van der Waals surface area (Å²) in [6.45, 7) is 2.07. The predicted octanol–water partition coefficient (Wildman–Crippen LogP) is 3.73. The summed E-state index contributed by atoms with van der Waals surface area (Å²) >= 11 is 3.35. The first-order chi connectivity index (χ1) is 6.22. The Morgan fingerprint density at radius 2 is 2.31 bits per heavy atom. The van der Waals surface area contributed by atoms with Crippen molar-refractivity contribution in [1.82, 2.24) is 0 Å². The third-order valence-corrected chi connectivity index (χ3v) is 2.22. The number of halogens is 2. The number of benzene rings is 1. The molecular formula is C10H12BrFO. The van der Waals surface area contributed by atoms with E-state index in [2.05, 4.69) is 22.9 Å². The minimum absolute atomic E-state index is 0.0284. The Labute approximate surface area is 86.0 Å². The number of alkyl halides is 1. The van der Waals surface area contributed by atoms with Gasteiger partial charge in [0, 0.05) is 6.07 Å². The summed E-state index contributed by atoms with van der Waals surface area (Å²) in [4.78, 5) is 0. The van der Waals surface area contributed by atoms with Gasteiger partial charge in [0.15, 0.2) is 5.01 Å². The first kappa shape index (κ1) is 10.5. The minimum Gasteiger partial charge on any atom is -0.479 e. The van der Waals surface area contributed by atoms with Crippen LogP contribution in [-0.4, -0.2) is 5.01 Å². The summed E-state index contributed by atoms with van der Waals surface area (Å²) in [5.74, 6) is 0.295. The summed E-state index contributed by atoms with van der Waals surface area (Å²) in [6, 6.07) is 6.16. The first-order valence-electron chi connectivity index (χ1n) is 4.28. The van der Waals surface area contributed by atoms with Gasteiger partial charge in [-0.2, -0.15) is 0 Å². The first-order valence-corrected chi connectivity index (χ1v) is 5.20. The van der Waals surface area contributed by atoms with Crippen molar-refractivity contribution in [2.24, 2.45) is 0 Å². The van der Waals surface area contributed by atoms with Crippen molar-refractivity contribution < 1.29 is 9.13 Å². The Kier molecular flexibility index (Phi) is 4.22. The third-order valence-electron chi connectivity index (χ3n) is 1.58. The van der Waals surface area contributed by atoms with E-state index in [1.54, 1.807) is 12.1 Å². The molecule has 0 aliphatic heterocycles. The van der Waals surface area contributed by atoms with Gasteiger partial charge in [-0.25, -0.2) is 4.39 Å². The van der Waals surface area contributed by atoms with E-state index in [1.807, 2.05) is 0 Å². The number of rotatable bonds is 4. The van der Waals surface area contributed by atoms with Crippen molar-refractivity contribution in [1.29, 1.82) is 0 Å². The molecule has 0 saturated carbocycles. The molecule has 1 atom stereocenters. The zero-order chi connectivity index (χ0) is 9.68. The maximum Gasteiger partial charge on any atom is 0.153 e. The highest BCUT2D eigenvalue weighted by Crippen LogP contribution is 2.18. The fraction of sp³-hybridized carbons (Fsp3) is 0.400. The lowest BCUT2D eigenvalue weighted by Gasteiger charge is -2.11. The van der Waals surface area contributed by atoms with Gasteiger partial charge in [-0.3, -0.25) is 0 Å². The molecule has 13 heavy (non-hydrogen) atoms. The van der Waals surface area contributed by atoms with Gasteiger partial charge in [0.05, 0.1) is 0 Å². The molecule has 0 amide bonds. The second kappa shape index (κ2) is 5.22. The van der Waals surface area contributed by atoms with E-state index in [0.717, 1.165) is 12.8 Å². The van der Waals surface area contributed by atoms with Gasteiger partial charge < -0.3 is 4.74 Å². The topological polar surface area (TPSA) is 9.23 Å². The fourth-order valence-electron chi connectivity index (χ4n) is 0.974. The van der Waals surface area contributed by atoms with Crippen LogP contribution in [0.15, 0.2) is 24.3 Å². The second-order valence-electron chi connectivity index (χ2n) is 2.77. The predicted molar refractivity (Wildman–Crippen MR) is 54.7 cm³/mol. The molecule has 0 spiro atoms. The van der Waals surface area contributed by atoms with E-state index in [0.29, 0.717) is 5.75 Å². The van der Waals surface area contributed by atoms with Crippen molar-refractivity contribution in [3.63, 3.8) is 0 Å². The number of ether oxygens (including phenoxy) is 1. The van der Waals surface area contributed by atoms with E-state index >= 15 is 0 Å². The average Bonchev–Trinajstić information content (AvgIpc) is 2.04. The van der Waals surface area contributed by atoms with Gasteiger partial charge in [-0.15, -0.1) is 0 Å². The van der Waals surface area contributed by atoms with Crippen LogP contribution in [-0.2, 0) is 0 Å². The van der Waals surface area contributed by atoms with Gasteiger partial charge >= 0.3 is 0 Å². The highest BCUT2D eigenvalue weighted by molar-refractivity contribution is 9.09. The molecule has 1 aromatic carbocycles. The lowest BCUT2D eigenvalue weighted by Crippen LogP contribution is -2.07. The molecule has 0 heterocycles. The van der Waals surface area contributed by atoms with E-state index < -0.39 is 0 Å². The third kappa shape index (κ3) is 3.77. The van der Waals surface area contributed by atoms with Crippen LogP contribution in [0.1, 0.15) is 19.8 Å². The summed E-state index contributed by atoms with van der Waals surface area (Å²) in [5, 5.41) is -0.0284. The largest absolute Gasteiger partial charge is 0.479 e. The molecule has 0 aromatic heterocycles. The molecular weight excluding hydrogens is 235 g/mol. The van der Waals surface area contributed by atoms with Gasteiger partial charge in [0.2, 0.25) is 0 Å². The van der Waals surface area contributed by atoms with Gasteiger partial charge in [0.1, 0.15) is 11.6 Å². The van der Waals surface area contributed by atoms with Crippen LogP contribution < -0.4 is 4.74 Å². The van der Waals surface area contributed by atoms with Gasteiger partial charge in [-0.1, -0.05) is 19.4 Å². The SMILES string of the molecule is CCCC(Br)Oc1cccc(F)c1. The quantitative estimate of drug-likeness (QED) is 0.736. The molecule has 0 bridgehead atoms. The van der Waals surface area contributed by atoms with Gasteiger partial charge in [0.25, 0.3) is 0 Å². The van der Waals surface area contributed by atoms with Crippen molar-refractivity contribution >= 4 is 15.9 Å². The molecule has 1 aromatic rings. The fourth-order valence-corrected chi connectivity index (χ4v) is 1.65. The van der Waals surface area contributed by atoms with Crippen LogP contribution in [0, 0.1) is 5.82 Å². The molecule has 0 fully saturated rings. The smallest absolute Gasteiger partial charge is 0.153 e. The van der Waals surface area contributed by atoms with Gasteiger partial charge in [-0.05, 0) is 34.5 Å². The van der Waals surface area contributed by atoms with Crippen LogP contribution in [0.5, 0.6) is 5.75 Å². The second-order valence-corrected chi connectivity index (χ2v) is 3.80. The maximum absolute atomic E-state index is 12.7. The molecule has 0 N–H and O–H groups in total. The standard InChI is InChI=1S/C10H12BrFO/c1-2-4-10(11)13-9-6-3-5-8(12)7-9/h3,5-7,10H,2,4H2,1H3. The van der Waals surface area contributed by atoms with E-state index in [4.69, 9.17) is 4.74 Å². The van der Waals surface area contributed by atoms with Crippen molar-refractivity contribution in [3.05, 3.63) is 30.1 Å². The maximum atomic E-state index is 12.7. The Hall–Kier alpha value is -0.570. The van der Waals surface area contributed by atoms with E-state index in [-0.39, 0.29) is 10.8 Å². The molecule has 0 radical (unpaired) electrons. The van der Waals surface area contributed by atoms with Crippen LogP contribution in [0.25, 0.3) is 0 Å². The Morgan fingerprint density at radius 3 is 2.92 bits per heavy atom. The van der Waals surface area contributed by atoms with Crippen molar-refractivity contribution in [2.75, 3.05) is 0 Å². The Balaban J connectivity index is 2.53. The molecule has 1 unspecified atom stereocenters. The summed E-state index contributed by atoms with van der Waals surface area (Å²) in [7, 11) is 0. The number of hydrogen-bond donors (Lipinski definition) is 0. The lowest BCUT2D eigenvalue weighted by molar-refractivity contribution is 0.281. The monoisotopic (exact) mass is 246 g/mol. The summed E-state index contributed by atoms with van der Waals surface area (Å²) in [6.07, 6.45) is 1.95. The molecule has 0 saturated heterocycles. The normalized spacial score (nSPS) is 12.5.